The molecule has 0 bridgehead atoms. The summed E-state index contributed by atoms with van der Waals surface area (Å²) in [5.74, 6) is 0.0715. The van der Waals surface area contributed by atoms with Crippen LogP contribution < -0.4 is 15.4 Å². The highest BCUT2D eigenvalue weighted by Crippen LogP contribution is 2.35. The number of β-amino-alcohol motifs (C(OH)–C–C–N with tert-alkyl or cyclic N) is 1. The number of carbonyl (C=O) groups excluding carboxylic acids is 2. The van der Waals surface area contributed by atoms with Crippen LogP contribution in [0.5, 0.6) is 5.75 Å². The van der Waals surface area contributed by atoms with Crippen molar-refractivity contribution in [2.24, 2.45) is 5.92 Å². The van der Waals surface area contributed by atoms with Crippen LogP contribution in [-0.4, -0.2) is 100 Å². The largest absolute Gasteiger partial charge is 0.490 e. The van der Waals surface area contributed by atoms with Gasteiger partial charge in [0.05, 0.1) is 23.2 Å². The van der Waals surface area contributed by atoms with Crippen LogP contribution in [0, 0.1) is 5.92 Å². The first kappa shape index (κ1) is 37.4. The molecule has 4 heterocycles. The van der Waals surface area contributed by atoms with E-state index in [1.807, 2.05) is 85.5 Å². The Labute approximate surface area is 304 Å². The third-order valence-electron chi connectivity index (χ3n) is 10.3. The highest BCUT2D eigenvalue weighted by atomic mass is 19.1. The molecule has 2 amide bonds. The number of hydrogen-bond acceptors (Lipinski definition) is 9. The Bertz CT molecular complexity index is 1800. The van der Waals surface area contributed by atoms with Gasteiger partial charge in [-0.1, -0.05) is 48.5 Å². The number of pyridine rings is 1. The van der Waals surface area contributed by atoms with Gasteiger partial charge >= 0.3 is 0 Å². The molecular formula is C40H50FN5O6. The van der Waals surface area contributed by atoms with Crippen LogP contribution >= 0.6 is 0 Å². The number of halogens is 1. The Morgan fingerprint density at radius 1 is 1.06 bits per heavy atom. The quantitative estimate of drug-likeness (QED) is 0.161. The van der Waals surface area contributed by atoms with Crippen molar-refractivity contribution in [2.75, 3.05) is 39.5 Å². The van der Waals surface area contributed by atoms with E-state index in [1.54, 1.807) is 26.2 Å². The molecule has 12 heteroatoms. The Kier molecular flexibility index (Phi) is 11.3. The number of benzene rings is 2. The van der Waals surface area contributed by atoms with E-state index in [0.717, 1.165) is 22.3 Å². The number of nitrogens with one attached hydrogen (secondary N) is 2. The lowest BCUT2D eigenvalue weighted by molar-refractivity contribution is -0.134. The molecule has 1 fully saturated rings. The number of carbonyl (C=O) groups is 2. The SMILES string of the molecule is CC(C)(CF)NC(=O)[C@@H]1CN(C(C)(C)c2cc3cnccc3o2)CCN1C[C@@H](O)C[C@@H](Cc1ccccc1)C(=O)N[C@H]1c2ccccc2OC[C@H]1O. The number of fused-ring (bicyclic) bond motifs is 2. The lowest BCUT2D eigenvalue weighted by atomic mass is 9.90. The average molecular weight is 716 g/mol. The highest BCUT2D eigenvalue weighted by molar-refractivity contribution is 5.83. The summed E-state index contributed by atoms with van der Waals surface area (Å²) in [6.45, 7) is 8.11. The number of hydrogen-bond donors (Lipinski definition) is 4. The molecule has 11 nitrogen and oxygen atoms in total. The van der Waals surface area contributed by atoms with Gasteiger partial charge in [-0.2, -0.15) is 0 Å². The monoisotopic (exact) mass is 715 g/mol. The Balaban J connectivity index is 1.20. The fourth-order valence-corrected chi connectivity index (χ4v) is 7.24. The zero-order chi connectivity index (χ0) is 37.0. The molecule has 4 aromatic rings. The van der Waals surface area contributed by atoms with Crippen molar-refractivity contribution in [3.8, 4) is 5.75 Å². The van der Waals surface area contributed by atoms with Gasteiger partial charge in [0.1, 0.15) is 42.5 Å². The van der Waals surface area contributed by atoms with Gasteiger partial charge in [-0.3, -0.25) is 24.4 Å². The molecule has 2 aromatic carbocycles. The first-order valence-electron chi connectivity index (χ1n) is 18.0. The second-order valence-corrected chi connectivity index (χ2v) is 15.2. The van der Waals surface area contributed by atoms with E-state index < -0.39 is 48.0 Å². The molecule has 1 saturated heterocycles. The minimum atomic E-state index is -1.07. The zero-order valence-corrected chi connectivity index (χ0v) is 30.3. The van der Waals surface area contributed by atoms with E-state index in [-0.39, 0.29) is 31.4 Å². The van der Waals surface area contributed by atoms with Gasteiger partial charge in [0.15, 0.2) is 0 Å². The topological polar surface area (TPSA) is 140 Å². The summed E-state index contributed by atoms with van der Waals surface area (Å²) in [7, 11) is 0. The van der Waals surface area contributed by atoms with Crippen molar-refractivity contribution in [2.45, 2.75) is 75.9 Å². The zero-order valence-electron chi connectivity index (χ0n) is 30.3. The fraction of sp³-hybridized carbons (Fsp3) is 0.475. The van der Waals surface area contributed by atoms with Crippen molar-refractivity contribution in [3.05, 3.63) is 96.0 Å². The molecule has 2 aliphatic heterocycles. The van der Waals surface area contributed by atoms with Gasteiger partial charge in [-0.25, -0.2) is 4.39 Å². The van der Waals surface area contributed by atoms with E-state index in [1.165, 1.54) is 0 Å². The Hall–Kier alpha value is -4.36. The molecule has 0 unspecified atom stereocenters. The third kappa shape index (κ3) is 8.47. The maximum absolute atomic E-state index is 14.0. The van der Waals surface area contributed by atoms with Crippen molar-refractivity contribution in [3.63, 3.8) is 0 Å². The van der Waals surface area contributed by atoms with Crippen LogP contribution in [0.25, 0.3) is 11.0 Å². The molecule has 0 aliphatic carbocycles. The number of aliphatic hydroxyl groups is 2. The molecular weight excluding hydrogens is 665 g/mol. The lowest BCUT2D eigenvalue weighted by Crippen LogP contribution is -2.64. The molecule has 0 saturated carbocycles. The number of furan rings is 1. The van der Waals surface area contributed by atoms with Gasteiger partial charge in [-0.05, 0) is 64.3 Å². The number of alkyl halides is 1. The minimum Gasteiger partial charge on any atom is -0.490 e. The smallest absolute Gasteiger partial charge is 0.239 e. The second kappa shape index (κ2) is 15.7. The lowest BCUT2D eigenvalue weighted by Gasteiger charge is -2.47. The highest BCUT2D eigenvalue weighted by Gasteiger charge is 2.42. The van der Waals surface area contributed by atoms with E-state index >= 15 is 0 Å². The normalized spacial score (nSPS) is 21.2. The van der Waals surface area contributed by atoms with Crippen molar-refractivity contribution >= 4 is 22.8 Å². The van der Waals surface area contributed by atoms with Gasteiger partial charge in [0.25, 0.3) is 0 Å². The molecule has 2 aliphatic rings. The van der Waals surface area contributed by atoms with Gasteiger partial charge in [0, 0.05) is 55.4 Å². The number of rotatable bonds is 13. The van der Waals surface area contributed by atoms with Crippen molar-refractivity contribution in [1.82, 2.24) is 25.4 Å². The van der Waals surface area contributed by atoms with Crippen molar-refractivity contribution in [1.29, 1.82) is 0 Å². The van der Waals surface area contributed by atoms with Crippen LogP contribution in [0.3, 0.4) is 0 Å². The number of nitrogens with zero attached hydrogens (tertiary/aromatic N) is 3. The number of ether oxygens (including phenoxy) is 1. The molecule has 6 rings (SSSR count). The summed E-state index contributed by atoms with van der Waals surface area (Å²) in [6, 6.07) is 19.3. The Morgan fingerprint density at radius 3 is 2.56 bits per heavy atom. The first-order chi connectivity index (χ1) is 24.8. The molecule has 278 valence electrons. The minimum absolute atomic E-state index is 0.0485. The summed E-state index contributed by atoms with van der Waals surface area (Å²) in [5.41, 5.74) is 0.689. The van der Waals surface area contributed by atoms with E-state index in [4.69, 9.17) is 9.15 Å². The summed E-state index contributed by atoms with van der Waals surface area (Å²) in [6.07, 6.45) is 2.01. The maximum Gasteiger partial charge on any atom is 0.239 e. The summed E-state index contributed by atoms with van der Waals surface area (Å²) in [5, 5.41) is 29.3. The predicted molar refractivity (Wildman–Crippen MR) is 195 cm³/mol. The number of aromatic nitrogens is 1. The van der Waals surface area contributed by atoms with E-state index in [2.05, 4.69) is 20.5 Å². The van der Waals surface area contributed by atoms with E-state index in [9.17, 15) is 24.2 Å². The molecule has 5 atom stereocenters. The third-order valence-corrected chi connectivity index (χ3v) is 10.3. The van der Waals surface area contributed by atoms with Gasteiger partial charge in [0.2, 0.25) is 11.8 Å². The van der Waals surface area contributed by atoms with E-state index in [0.29, 0.717) is 37.4 Å². The van der Waals surface area contributed by atoms with Crippen LogP contribution in [0.4, 0.5) is 4.39 Å². The second-order valence-electron chi connectivity index (χ2n) is 15.2. The van der Waals surface area contributed by atoms with Gasteiger partial charge in [-0.15, -0.1) is 0 Å². The summed E-state index contributed by atoms with van der Waals surface area (Å²) < 4.78 is 25.8. The Morgan fingerprint density at radius 2 is 1.81 bits per heavy atom. The van der Waals surface area contributed by atoms with Crippen LogP contribution in [0.2, 0.25) is 0 Å². The van der Waals surface area contributed by atoms with Crippen molar-refractivity contribution < 1.29 is 33.3 Å². The average Bonchev–Trinajstić information content (AvgIpc) is 3.58. The fourth-order valence-electron chi connectivity index (χ4n) is 7.24. The summed E-state index contributed by atoms with van der Waals surface area (Å²) >= 11 is 0. The number of para-hydroxylation sites is 1. The van der Waals surface area contributed by atoms with Crippen LogP contribution in [0.15, 0.2) is 83.5 Å². The van der Waals surface area contributed by atoms with Crippen LogP contribution in [-0.2, 0) is 21.5 Å². The molecule has 2 aromatic heterocycles. The predicted octanol–water partition coefficient (Wildman–Crippen LogP) is 4.13. The number of piperazine rings is 1. The summed E-state index contributed by atoms with van der Waals surface area (Å²) in [4.78, 5) is 36.2. The molecule has 52 heavy (non-hydrogen) atoms. The first-order valence-corrected chi connectivity index (χ1v) is 18.0. The standard InChI is InChI=1S/C40H50FN5O6/c1-39(2,25-41)44-38(50)31-23-46(40(3,4)35-20-28-21-42-15-14-33(28)52-35)17-16-45(31)22-29(47)19-27(18-26-10-6-5-7-11-26)37(49)43-36-30-12-8-9-13-34(30)51-24-32(36)48/h5-15,20-21,27,29,31-32,36,47-48H,16-19,22-25H2,1-4H3,(H,43,49)(H,44,50)/t27-,29+,31+,32-,36+/m1/s1. The molecule has 4 N–H and O–H groups in total. The van der Waals surface area contributed by atoms with Crippen LogP contribution in [0.1, 0.15) is 57.0 Å². The molecule has 0 radical (unpaired) electrons. The number of aliphatic hydroxyl groups excluding tert-OH is 2. The van der Waals surface area contributed by atoms with Gasteiger partial charge < -0.3 is 30.0 Å². The number of amides is 2. The maximum atomic E-state index is 14.0. The molecule has 0 spiro atoms.